The van der Waals surface area contributed by atoms with Crippen molar-refractivity contribution in [1.82, 2.24) is 19.7 Å². The maximum Gasteiger partial charge on any atom is 0.266 e. The number of aromatic nitrogens is 4. The summed E-state index contributed by atoms with van der Waals surface area (Å²) < 4.78 is 1.84. The lowest BCUT2D eigenvalue weighted by atomic mass is 9.85. The van der Waals surface area contributed by atoms with Gasteiger partial charge in [0.15, 0.2) is 17.2 Å². The van der Waals surface area contributed by atoms with Gasteiger partial charge in [0, 0.05) is 25.5 Å². The van der Waals surface area contributed by atoms with Crippen LogP contribution in [0.5, 0.6) is 0 Å². The number of carbonyl (C=O) groups is 1. The van der Waals surface area contributed by atoms with Crippen molar-refractivity contribution in [3.8, 4) is 11.5 Å². The molecule has 4 rings (SSSR count). The monoisotopic (exact) mass is 373 g/mol. The van der Waals surface area contributed by atoms with Crippen LogP contribution in [0.15, 0.2) is 79.1 Å². The number of imidazole rings is 1. The zero-order valence-electron chi connectivity index (χ0n) is 15.2. The normalized spacial score (nSPS) is 11.4. The van der Waals surface area contributed by atoms with E-state index >= 15 is 0 Å². The van der Waals surface area contributed by atoms with E-state index in [4.69, 9.17) is 0 Å². The number of hydrogen-bond acceptors (Lipinski definition) is 4. The molecule has 0 spiro atoms. The van der Waals surface area contributed by atoms with Crippen LogP contribution in [0.4, 0.5) is 5.82 Å². The summed E-state index contributed by atoms with van der Waals surface area (Å²) >= 11 is 0. The van der Waals surface area contributed by atoms with Gasteiger partial charge in [0.1, 0.15) is 5.69 Å². The first kappa shape index (κ1) is 17.7. The lowest BCUT2D eigenvalue weighted by Gasteiger charge is -2.27. The molecule has 4 aromatic rings. The Morgan fingerprint density at radius 1 is 1.07 bits per heavy atom. The summed E-state index contributed by atoms with van der Waals surface area (Å²) in [6.07, 6.45) is 3.50. The second-order valence-corrected chi connectivity index (χ2v) is 6.43. The molecule has 0 aliphatic carbocycles. The van der Waals surface area contributed by atoms with E-state index in [0.717, 1.165) is 0 Å². The third kappa shape index (κ3) is 3.08. The summed E-state index contributed by atoms with van der Waals surface area (Å²) in [6, 6.07) is 19.3. The third-order valence-corrected chi connectivity index (χ3v) is 4.59. The number of nitrogens with one attached hydrogen (secondary N) is 2. The molecule has 1 amide bonds. The highest BCUT2D eigenvalue weighted by Crippen LogP contribution is 2.31. The largest absolute Gasteiger partial charge is 0.372 e. The van der Waals surface area contributed by atoms with Crippen LogP contribution in [0, 0.1) is 0 Å². The van der Waals surface area contributed by atoms with Crippen molar-refractivity contribution < 1.29 is 9.90 Å². The summed E-state index contributed by atoms with van der Waals surface area (Å²) in [5, 5.41) is 21.2. The van der Waals surface area contributed by atoms with Crippen LogP contribution in [-0.2, 0) is 17.4 Å². The van der Waals surface area contributed by atoms with Gasteiger partial charge in [0.2, 0.25) is 0 Å². The Labute approximate surface area is 161 Å². The van der Waals surface area contributed by atoms with Gasteiger partial charge in [-0.15, -0.1) is 0 Å². The lowest BCUT2D eigenvalue weighted by Crippen LogP contribution is -2.41. The number of carbonyl (C=O) groups excluding carboxylic acids is 1. The van der Waals surface area contributed by atoms with Crippen LogP contribution >= 0.6 is 0 Å². The summed E-state index contributed by atoms with van der Waals surface area (Å²) in [5.41, 5.74) is -0.256. The number of rotatable bonds is 5. The molecule has 0 aliphatic rings. The van der Waals surface area contributed by atoms with Gasteiger partial charge in [-0.3, -0.25) is 9.89 Å². The Bertz CT molecular complexity index is 1050. The van der Waals surface area contributed by atoms with E-state index in [1.54, 1.807) is 60.8 Å². The van der Waals surface area contributed by atoms with Crippen LogP contribution in [0.1, 0.15) is 11.1 Å². The molecular formula is C21H19N5O2. The van der Waals surface area contributed by atoms with Crippen LogP contribution < -0.4 is 5.32 Å². The first-order valence-corrected chi connectivity index (χ1v) is 8.77. The van der Waals surface area contributed by atoms with Crippen molar-refractivity contribution >= 4 is 11.7 Å². The molecule has 140 valence electrons. The minimum atomic E-state index is -1.86. The summed E-state index contributed by atoms with van der Waals surface area (Å²) in [5.74, 6) is 0.394. The Morgan fingerprint density at radius 3 is 2.21 bits per heavy atom. The zero-order chi connectivity index (χ0) is 19.6. The van der Waals surface area contributed by atoms with E-state index in [1.165, 1.54) is 0 Å². The molecule has 2 aromatic carbocycles. The van der Waals surface area contributed by atoms with Crippen LogP contribution in [0.3, 0.4) is 0 Å². The maximum atomic E-state index is 13.2. The van der Waals surface area contributed by atoms with E-state index in [-0.39, 0.29) is 0 Å². The Hall–Kier alpha value is -3.71. The van der Waals surface area contributed by atoms with Crippen molar-refractivity contribution in [3.63, 3.8) is 0 Å². The number of aromatic amines is 1. The number of H-pyrrole nitrogens is 1. The van der Waals surface area contributed by atoms with Crippen LogP contribution in [-0.4, -0.2) is 30.8 Å². The number of aryl methyl sites for hydroxylation is 1. The molecule has 3 N–H and O–H groups in total. The molecule has 0 aliphatic heterocycles. The van der Waals surface area contributed by atoms with Gasteiger partial charge >= 0.3 is 0 Å². The van der Waals surface area contributed by atoms with Gasteiger partial charge in [-0.05, 0) is 11.1 Å². The van der Waals surface area contributed by atoms with Crippen molar-refractivity contribution in [3.05, 3.63) is 90.3 Å². The Kier molecular flexibility index (Phi) is 4.50. The molecule has 2 aromatic heterocycles. The van der Waals surface area contributed by atoms with Gasteiger partial charge in [0.25, 0.3) is 5.91 Å². The molecule has 0 bridgehead atoms. The van der Waals surface area contributed by atoms with Crippen LogP contribution in [0.2, 0.25) is 0 Å². The fourth-order valence-electron chi connectivity index (χ4n) is 3.12. The number of benzene rings is 2. The molecule has 0 atom stereocenters. The SMILES string of the molecule is Cn1ccnc1-c1cc(NC(=O)C(O)(c2ccccc2)c2ccccc2)n[nH]1. The molecule has 0 saturated carbocycles. The number of hydrogen-bond donors (Lipinski definition) is 3. The van der Waals surface area contributed by atoms with E-state index in [1.807, 2.05) is 29.9 Å². The molecule has 7 heteroatoms. The number of amides is 1. The smallest absolute Gasteiger partial charge is 0.266 e. The highest BCUT2D eigenvalue weighted by molar-refractivity contribution is 6.00. The highest BCUT2D eigenvalue weighted by Gasteiger charge is 2.40. The minimum Gasteiger partial charge on any atom is -0.372 e. The average molecular weight is 373 g/mol. The van der Waals surface area contributed by atoms with Gasteiger partial charge in [-0.25, -0.2) is 4.98 Å². The molecule has 0 saturated heterocycles. The minimum absolute atomic E-state index is 0.299. The van der Waals surface area contributed by atoms with Crippen molar-refractivity contribution in [2.75, 3.05) is 5.32 Å². The van der Waals surface area contributed by atoms with Crippen molar-refractivity contribution in [1.29, 1.82) is 0 Å². The van der Waals surface area contributed by atoms with Crippen molar-refractivity contribution in [2.24, 2.45) is 7.05 Å². The fourth-order valence-corrected chi connectivity index (χ4v) is 3.12. The van der Waals surface area contributed by atoms with Gasteiger partial charge < -0.3 is 15.0 Å². The predicted octanol–water partition coefficient (Wildman–Crippen LogP) is 2.68. The highest BCUT2D eigenvalue weighted by atomic mass is 16.3. The maximum absolute atomic E-state index is 13.2. The number of anilines is 1. The summed E-state index contributed by atoms with van der Waals surface area (Å²) in [6.45, 7) is 0. The molecule has 2 heterocycles. The number of aliphatic hydroxyl groups is 1. The van der Waals surface area contributed by atoms with Gasteiger partial charge in [0.05, 0.1) is 0 Å². The zero-order valence-corrected chi connectivity index (χ0v) is 15.2. The van der Waals surface area contributed by atoms with E-state index in [9.17, 15) is 9.90 Å². The number of nitrogens with zero attached hydrogens (tertiary/aromatic N) is 3. The van der Waals surface area contributed by atoms with E-state index in [0.29, 0.717) is 28.5 Å². The Balaban J connectivity index is 1.68. The first-order chi connectivity index (χ1) is 13.6. The van der Waals surface area contributed by atoms with Gasteiger partial charge in [-0.2, -0.15) is 5.10 Å². The fraction of sp³-hybridized carbons (Fsp3) is 0.0952. The first-order valence-electron chi connectivity index (χ1n) is 8.77. The topological polar surface area (TPSA) is 95.8 Å². The van der Waals surface area contributed by atoms with Crippen LogP contribution in [0.25, 0.3) is 11.5 Å². The summed E-state index contributed by atoms with van der Waals surface area (Å²) in [7, 11) is 1.87. The molecule has 0 unspecified atom stereocenters. The average Bonchev–Trinajstić information content (AvgIpc) is 3.37. The summed E-state index contributed by atoms with van der Waals surface area (Å²) in [4.78, 5) is 17.4. The molecule has 0 fully saturated rings. The van der Waals surface area contributed by atoms with E-state index < -0.39 is 11.5 Å². The van der Waals surface area contributed by atoms with Crippen molar-refractivity contribution in [2.45, 2.75) is 5.60 Å². The van der Waals surface area contributed by atoms with E-state index in [2.05, 4.69) is 20.5 Å². The second kappa shape index (κ2) is 7.13. The third-order valence-electron chi connectivity index (χ3n) is 4.59. The molecule has 0 radical (unpaired) electrons. The molecule has 28 heavy (non-hydrogen) atoms. The quantitative estimate of drug-likeness (QED) is 0.501. The molecule has 7 nitrogen and oxygen atoms in total. The predicted molar refractivity (Wildman–Crippen MR) is 105 cm³/mol. The molecular weight excluding hydrogens is 354 g/mol. The van der Waals surface area contributed by atoms with Gasteiger partial charge in [-0.1, -0.05) is 60.7 Å². The lowest BCUT2D eigenvalue weighted by molar-refractivity contribution is -0.131. The second-order valence-electron chi connectivity index (χ2n) is 6.43. The standard InChI is InChI=1S/C21H19N5O2/c1-26-13-12-22-19(26)17-14-18(25-24-17)23-20(27)21(28,15-8-4-2-5-9-15)16-10-6-3-7-11-16/h2-14,28H,1H3,(H2,23,24,25,27). The Morgan fingerprint density at radius 2 is 1.68 bits per heavy atom.